The number of thiophene rings is 1. The van der Waals surface area contributed by atoms with Gasteiger partial charge in [0.25, 0.3) is 11.5 Å². The fourth-order valence-corrected chi connectivity index (χ4v) is 3.62. The molecule has 0 spiro atoms. The Morgan fingerprint density at radius 2 is 1.93 bits per heavy atom. The lowest BCUT2D eigenvalue weighted by molar-refractivity contribution is -0.159. The highest BCUT2D eigenvalue weighted by molar-refractivity contribution is 7.18. The van der Waals surface area contributed by atoms with Crippen LogP contribution < -0.4 is 10.9 Å². The normalized spacial score (nSPS) is 13.0. The van der Waals surface area contributed by atoms with Crippen LogP contribution in [0.15, 0.2) is 11.1 Å². The first-order valence-electron chi connectivity index (χ1n) is 8.87. The third-order valence-electron chi connectivity index (χ3n) is 4.08. The Bertz CT molecular complexity index is 921. The van der Waals surface area contributed by atoms with Crippen molar-refractivity contribution in [1.82, 2.24) is 14.9 Å². The van der Waals surface area contributed by atoms with Crippen molar-refractivity contribution in [3.8, 4) is 0 Å². The molecule has 0 fully saturated rings. The number of amides is 1. The van der Waals surface area contributed by atoms with Crippen molar-refractivity contribution in [3.63, 3.8) is 0 Å². The van der Waals surface area contributed by atoms with E-state index in [0.717, 1.165) is 10.4 Å². The molecule has 0 saturated heterocycles. The molecule has 2 heterocycles. The molecule has 0 bridgehead atoms. The van der Waals surface area contributed by atoms with Gasteiger partial charge in [0.2, 0.25) is 0 Å². The number of carbonyl (C=O) groups excluding carboxylic acids is 2. The molecule has 2 rings (SSSR count). The quantitative estimate of drug-likeness (QED) is 0.789. The van der Waals surface area contributed by atoms with E-state index in [0.29, 0.717) is 10.2 Å². The molecule has 0 radical (unpaired) electrons. The van der Waals surface area contributed by atoms with Gasteiger partial charge >= 0.3 is 5.97 Å². The second-order valence-electron chi connectivity index (χ2n) is 8.03. The number of carbonyl (C=O) groups is 2. The molecule has 1 atom stereocenters. The first-order valence-corrected chi connectivity index (χ1v) is 9.69. The molecular formula is C19H27N3O4S. The summed E-state index contributed by atoms with van der Waals surface area (Å²) in [5.74, 6) is -1.20. The van der Waals surface area contributed by atoms with Crippen LogP contribution in [0.25, 0.3) is 10.2 Å². The smallest absolute Gasteiger partial charge is 0.326 e. The van der Waals surface area contributed by atoms with E-state index >= 15 is 0 Å². The summed E-state index contributed by atoms with van der Waals surface area (Å²) in [7, 11) is 0. The largest absolute Gasteiger partial charge is 0.451 e. The van der Waals surface area contributed by atoms with Crippen LogP contribution in [0.4, 0.5) is 0 Å². The van der Waals surface area contributed by atoms with E-state index in [-0.39, 0.29) is 23.9 Å². The van der Waals surface area contributed by atoms with Crippen LogP contribution in [0.3, 0.4) is 0 Å². The average Bonchev–Trinajstić information content (AvgIpc) is 2.81. The fraction of sp³-hybridized carbons (Fsp3) is 0.579. The van der Waals surface area contributed by atoms with E-state index in [1.54, 1.807) is 13.8 Å². The predicted molar refractivity (Wildman–Crippen MR) is 106 cm³/mol. The highest BCUT2D eigenvalue weighted by Gasteiger charge is 2.29. The van der Waals surface area contributed by atoms with E-state index in [1.807, 2.05) is 34.6 Å². The zero-order valence-electron chi connectivity index (χ0n) is 16.9. The van der Waals surface area contributed by atoms with Gasteiger partial charge in [0.1, 0.15) is 11.4 Å². The molecule has 0 aliphatic heterocycles. The van der Waals surface area contributed by atoms with Gasteiger partial charge in [-0.15, -0.1) is 11.3 Å². The lowest BCUT2D eigenvalue weighted by Crippen LogP contribution is -2.49. The van der Waals surface area contributed by atoms with Crippen LogP contribution >= 0.6 is 11.3 Å². The van der Waals surface area contributed by atoms with Crippen molar-refractivity contribution in [2.24, 2.45) is 5.92 Å². The standard InChI is InChI=1S/C19H27N3O4S/c1-10(2)15(16(24)21-19(5,6)7)26-13(23)8-22-9-20-17-14(18(22)25)11(3)12(4)27-17/h9-10,15H,8H2,1-7H3,(H,21,24)/t15-/m0/s1. The molecule has 2 aromatic rings. The Balaban J connectivity index is 2.20. The van der Waals surface area contributed by atoms with E-state index in [9.17, 15) is 14.4 Å². The van der Waals surface area contributed by atoms with Crippen molar-refractivity contribution in [3.05, 3.63) is 27.1 Å². The number of aromatic nitrogens is 2. The molecule has 8 heteroatoms. The number of hydrogen-bond acceptors (Lipinski definition) is 6. The molecule has 0 aliphatic carbocycles. The van der Waals surface area contributed by atoms with Crippen LogP contribution in [-0.2, 0) is 20.9 Å². The fourth-order valence-electron chi connectivity index (χ4n) is 2.63. The summed E-state index contributed by atoms with van der Waals surface area (Å²) in [6, 6.07) is 0. The van der Waals surface area contributed by atoms with Crippen molar-refractivity contribution in [1.29, 1.82) is 0 Å². The number of nitrogens with zero attached hydrogens (tertiary/aromatic N) is 2. The SMILES string of the molecule is Cc1sc2ncn(CC(=O)O[C@H](C(=O)NC(C)(C)C)C(C)C)c(=O)c2c1C. The summed E-state index contributed by atoms with van der Waals surface area (Å²) < 4.78 is 6.62. The topological polar surface area (TPSA) is 90.3 Å². The molecule has 0 aliphatic rings. The molecule has 148 valence electrons. The number of ether oxygens (including phenoxy) is 1. The molecule has 0 saturated carbocycles. The molecule has 27 heavy (non-hydrogen) atoms. The van der Waals surface area contributed by atoms with E-state index in [2.05, 4.69) is 10.3 Å². The molecule has 1 N–H and O–H groups in total. The Morgan fingerprint density at radius 3 is 2.48 bits per heavy atom. The maximum Gasteiger partial charge on any atom is 0.326 e. The zero-order valence-corrected chi connectivity index (χ0v) is 17.7. The Hall–Kier alpha value is -2.22. The summed E-state index contributed by atoms with van der Waals surface area (Å²) in [5.41, 5.74) is 0.163. The minimum absolute atomic E-state index is 0.199. The second-order valence-corrected chi connectivity index (χ2v) is 9.24. The van der Waals surface area contributed by atoms with E-state index in [4.69, 9.17) is 4.74 Å². The lowest BCUT2D eigenvalue weighted by Gasteiger charge is -2.26. The second kappa shape index (κ2) is 7.80. The summed E-state index contributed by atoms with van der Waals surface area (Å²) in [5, 5.41) is 3.35. The van der Waals surface area contributed by atoms with Gasteiger partial charge in [-0.1, -0.05) is 13.8 Å². The lowest BCUT2D eigenvalue weighted by atomic mass is 10.0. The summed E-state index contributed by atoms with van der Waals surface area (Å²) in [6.45, 7) is 12.7. The zero-order chi connectivity index (χ0) is 20.5. The number of rotatable bonds is 5. The van der Waals surface area contributed by atoms with E-state index < -0.39 is 17.6 Å². The van der Waals surface area contributed by atoms with Gasteiger partial charge in [-0.3, -0.25) is 19.0 Å². The Kier molecular flexibility index (Phi) is 6.09. The monoisotopic (exact) mass is 393 g/mol. The highest BCUT2D eigenvalue weighted by atomic mass is 32.1. The summed E-state index contributed by atoms with van der Waals surface area (Å²) in [4.78, 5) is 43.4. The summed E-state index contributed by atoms with van der Waals surface area (Å²) >= 11 is 1.45. The van der Waals surface area contributed by atoms with Gasteiger partial charge in [0.05, 0.1) is 11.7 Å². The van der Waals surface area contributed by atoms with Gasteiger partial charge in [-0.2, -0.15) is 0 Å². The molecular weight excluding hydrogens is 366 g/mol. The minimum Gasteiger partial charge on any atom is -0.451 e. The predicted octanol–water partition coefficient (Wildman–Crippen LogP) is 2.56. The average molecular weight is 394 g/mol. The van der Waals surface area contributed by atoms with Gasteiger partial charge < -0.3 is 10.1 Å². The first-order chi connectivity index (χ1) is 12.4. The third kappa shape index (κ3) is 4.94. The van der Waals surface area contributed by atoms with Crippen molar-refractivity contribution in [2.75, 3.05) is 0 Å². The highest BCUT2D eigenvalue weighted by Crippen LogP contribution is 2.25. The molecule has 1 amide bonds. The first kappa shape index (κ1) is 21.1. The number of esters is 1. The minimum atomic E-state index is -0.922. The maximum absolute atomic E-state index is 12.7. The van der Waals surface area contributed by atoms with Gasteiger partial charge in [0, 0.05) is 10.4 Å². The number of fused-ring (bicyclic) bond motifs is 1. The van der Waals surface area contributed by atoms with Gasteiger partial charge in [-0.05, 0) is 46.1 Å². The molecule has 0 unspecified atom stereocenters. The number of aryl methyl sites for hydroxylation is 2. The van der Waals surface area contributed by atoms with Gasteiger partial charge in [-0.25, -0.2) is 4.98 Å². The number of hydrogen-bond donors (Lipinski definition) is 1. The molecule has 7 nitrogen and oxygen atoms in total. The Morgan fingerprint density at radius 1 is 1.30 bits per heavy atom. The molecule has 0 aromatic carbocycles. The van der Waals surface area contributed by atoms with Crippen LogP contribution in [0.2, 0.25) is 0 Å². The van der Waals surface area contributed by atoms with Crippen LogP contribution in [0.1, 0.15) is 45.1 Å². The van der Waals surface area contributed by atoms with Crippen LogP contribution in [0.5, 0.6) is 0 Å². The summed E-state index contributed by atoms with van der Waals surface area (Å²) in [6.07, 6.45) is 0.426. The van der Waals surface area contributed by atoms with Crippen molar-refractivity contribution in [2.45, 2.75) is 66.7 Å². The van der Waals surface area contributed by atoms with Crippen molar-refractivity contribution < 1.29 is 14.3 Å². The Labute approximate surface area is 162 Å². The van der Waals surface area contributed by atoms with Crippen LogP contribution in [-0.4, -0.2) is 33.1 Å². The van der Waals surface area contributed by atoms with Crippen LogP contribution in [0, 0.1) is 19.8 Å². The van der Waals surface area contributed by atoms with Gasteiger partial charge in [0.15, 0.2) is 6.10 Å². The van der Waals surface area contributed by atoms with Crippen molar-refractivity contribution >= 4 is 33.4 Å². The number of nitrogens with one attached hydrogen (secondary N) is 1. The third-order valence-corrected chi connectivity index (χ3v) is 5.19. The van der Waals surface area contributed by atoms with E-state index in [1.165, 1.54) is 22.2 Å². The molecule has 2 aromatic heterocycles. The maximum atomic E-state index is 12.7.